The third-order valence-corrected chi connectivity index (χ3v) is 2.64. The van der Waals surface area contributed by atoms with Crippen LogP contribution in [0.5, 0.6) is 17.2 Å². The molecule has 0 amide bonds. The number of methoxy groups -OCH3 is 3. The van der Waals surface area contributed by atoms with Crippen LogP contribution in [-0.4, -0.2) is 37.5 Å². The van der Waals surface area contributed by atoms with Gasteiger partial charge in [0.25, 0.3) is 0 Å². The van der Waals surface area contributed by atoms with Crippen molar-refractivity contribution in [2.75, 3.05) is 21.3 Å². The average molecular weight is 256 g/mol. The lowest BCUT2D eigenvalue weighted by Crippen LogP contribution is -2.31. The van der Waals surface area contributed by atoms with Gasteiger partial charge in [0.05, 0.1) is 21.3 Å². The normalized spacial score (nSPS) is 13.6. The van der Waals surface area contributed by atoms with Gasteiger partial charge in [0.15, 0.2) is 17.1 Å². The summed E-state index contributed by atoms with van der Waals surface area (Å²) >= 11 is 0. The lowest BCUT2D eigenvalue weighted by molar-refractivity contribution is -0.157. The number of hydrogen-bond donors (Lipinski definition) is 2. The molecule has 0 fully saturated rings. The number of ether oxygens (including phenoxy) is 3. The first kappa shape index (κ1) is 14.1. The predicted molar refractivity (Wildman–Crippen MR) is 63.3 cm³/mol. The number of rotatable bonds is 5. The zero-order chi connectivity index (χ0) is 13.9. The van der Waals surface area contributed by atoms with Gasteiger partial charge >= 0.3 is 5.97 Å². The lowest BCUT2D eigenvalue weighted by Gasteiger charge is -2.21. The van der Waals surface area contributed by atoms with Crippen LogP contribution >= 0.6 is 0 Å². The molecule has 2 N–H and O–H groups in total. The van der Waals surface area contributed by atoms with E-state index in [0.717, 1.165) is 0 Å². The molecule has 0 aliphatic rings. The molecule has 0 aliphatic carbocycles. The van der Waals surface area contributed by atoms with Gasteiger partial charge in [0.2, 0.25) is 5.75 Å². The second kappa shape index (κ2) is 5.14. The number of carbonyl (C=O) groups is 1. The Bertz CT molecular complexity index is 427. The standard InChI is InChI=1S/C12H16O6/c1-12(15,11(13)14)7-5-8(16-2)10(18-4)9(6-7)17-3/h5-6,15H,1-4H3,(H,13,14). The van der Waals surface area contributed by atoms with Crippen molar-refractivity contribution in [2.45, 2.75) is 12.5 Å². The summed E-state index contributed by atoms with van der Waals surface area (Å²) in [5.41, 5.74) is -1.89. The molecule has 1 unspecified atom stereocenters. The van der Waals surface area contributed by atoms with Crippen LogP contribution in [0.2, 0.25) is 0 Å². The molecule has 0 radical (unpaired) electrons. The number of hydrogen-bond acceptors (Lipinski definition) is 5. The largest absolute Gasteiger partial charge is 0.493 e. The SMILES string of the molecule is COc1cc(C(C)(O)C(=O)O)cc(OC)c1OC. The number of carboxylic acids is 1. The maximum Gasteiger partial charge on any atom is 0.340 e. The molecule has 0 heterocycles. The van der Waals surface area contributed by atoms with Crippen molar-refractivity contribution in [1.29, 1.82) is 0 Å². The third kappa shape index (κ3) is 2.33. The number of benzene rings is 1. The van der Waals surface area contributed by atoms with Crippen molar-refractivity contribution in [1.82, 2.24) is 0 Å². The van der Waals surface area contributed by atoms with E-state index >= 15 is 0 Å². The Balaban J connectivity index is 3.45. The molecule has 100 valence electrons. The third-order valence-electron chi connectivity index (χ3n) is 2.64. The highest BCUT2D eigenvalue weighted by Crippen LogP contribution is 2.40. The maximum absolute atomic E-state index is 11.0. The zero-order valence-electron chi connectivity index (χ0n) is 10.7. The quantitative estimate of drug-likeness (QED) is 0.817. The molecule has 0 aliphatic heterocycles. The van der Waals surface area contributed by atoms with Crippen molar-refractivity contribution < 1.29 is 29.2 Å². The van der Waals surface area contributed by atoms with Crippen LogP contribution in [-0.2, 0) is 10.4 Å². The van der Waals surface area contributed by atoms with E-state index in [1.54, 1.807) is 0 Å². The first-order valence-electron chi connectivity index (χ1n) is 5.14. The lowest BCUT2D eigenvalue weighted by atomic mass is 9.95. The van der Waals surface area contributed by atoms with Gasteiger partial charge in [-0.2, -0.15) is 0 Å². The summed E-state index contributed by atoms with van der Waals surface area (Å²) < 4.78 is 15.3. The average Bonchev–Trinajstić information content (AvgIpc) is 2.36. The van der Waals surface area contributed by atoms with Crippen LogP contribution in [0.15, 0.2) is 12.1 Å². The molecule has 0 aromatic heterocycles. The first-order chi connectivity index (χ1) is 8.38. The maximum atomic E-state index is 11.0. The Hall–Kier alpha value is -1.95. The van der Waals surface area contributed by atoms with Crippen molar-refractivity contribution in [3.63, 3.8) is 0 Å². The molecule has 0 saturated heterocycles. The smallest absolute Gasteiger partial charge is 0.340 e. The van der Waals surface area contributed by atoms with E-state index in [2.05, 4.69) is 0 Å². The van der Waals surface area contributed by atoms with E-state index in [9.17, 15) is 9.90 Å². The molecule has 1 atom stereocenters. The van der Waals surface area contributed by atoms with Crippen LogP contribution in [0, 0.1) is 0 Å². The summed E-state index contributed by atoms with van der Waals surface area (Å²) in [5, 5.41) is 18.9. The van der Waals surface area contributed by atoms with Crippen LogP contribution in [0.4, 0.5) is 0 Å². The molecule has 1 aromatic carbocycles. The Kier molecular flexibility index (Phi) is 4.03. The van der Waals surface area contributed by atoms with Gasteiger partial charge in [-0.1, -0.05) is 0 Å². The minimum atomic E-state index is -2.03. The first-order valence-corrected chi connectivity index (χ1v) is 5.14. The Morgan fingerprint density at radius 3 is 1.83 bits per heavy atom. The molecule has 6 heteroatoms. The Morgan fingerprint density at radius 2 is 1.56 bits per heavy atom. The van der Waals surface area contributed by atoms with E-state index in [1.165, 1.54) is 40.4 Å². The fourth-order valence-electron chi connectivity index (χ4n) is 1.49. The summed E-state index contributed by atoms with van der Waals surface area (Å²) in [5.74, 6) is -0.455. The number of carboxylic acid groups (broad SMARTS) is 1. The van der Waals surface area contributed by atoms with Gasteiger partial charge in [-0.3, -0.25) is 0 Å². The van der Waals surface area contributed by atoms with Crippen LogP contribution in [0.1, 0.15) is 12.5 Å². The predicted octanol–water partition coefficient (Wildman–Crippen LogP) is 1.00. The molecule has 0 bridgehead atoms. The van der Waals surface area contributed by atoms with Gasteiger partial charge in [0, 0.05) is 5.56 Å². The highest BCUT2D eigenvalue weighted by atomic mass is 16.5. The summed E-state index contributed by atoms with van der Waals surface area (Å²) in [6.45, 7) is 1.18. The fourth-order valence-corrected chi connectivity index (χ4v) is 1.49. The zero-order valence-corrected chi connectivity index (χ0v) is 10.7. The molecular weight excluding hydrogens is 240 g/mol. The molecule has 6 nitrogen and oxygen atoms in total. The summed E-state index contributed by atoms with van der Waals surface area (Å²) in [4.78, 5) is 11.0. The van der Waals surface area contributed by atoms with E-state index in [4.69, 9.17) is 19.3 Å². The van der Waals surface area contributed by atoms with Crippen molar-refractivity contribution in [3.05, 3.63) is 17.7 Å². The minimum absolute atomic E-state index is 0.143. The van der Waals surface area contributed by atoms with Gasteiger partial charge in [-0.15, -0.1) is 0 Å². The van der Waals surface area contributed by atoms with Gasteiger partial charge in [0.1, 0.15) is 0 Å². The van der Waals surface area contributed by atoms with Gasteiger partial charge < -0.3 is 24.4 Å². The summed E-state index contributed by atoms with van der Waals surface area (Å²) in [6, 6.07) is 2.80. The second-order valence-corrected chi connectivity index (χ2v) is 3.79. The van der Waals surface area contributed by atoms with Crippen molar-refractivity contribution >= 4 is 5.97 Å². The van der Waals surface area contributed by atoms with Crippen LogP contribution < -0.4 is 14.2 Å². The van der Waals surface area contributed by atoms with Crippen molar-refractivity contribution in [3.8, 4) is 17.2 Å². The van der Waals surface area contributed by atoms with Crippen molar-refractivity contribution in [2.24, 2.45) is 0 Å². The molecule has 0 saturated carbocycles. The number of aliphatic carboxylic acids is 1. The van der Waals surface area contributed by atoms with E-state index in [0.29, 0.717) is 5.75 Å². The summed E-state index contributed by atoms with van der Waals surface area (Å²) in [6.07, 6.45) is 0. The summed E-state index contributed by atoms with van der Waals surface area (Å²) in [7, 11) is 4.27. The molecular formula is C12H16O6. The molecule has 18 heavy (non-hydrogen) atoms. The van der Waals surface area contributed by atoms with Gasteiger partial charge in [-0.05, 0) is 19.1 Å². The molecule has 1 rings (SSSR count). The van der Waals surface area contributed by atoms with E-state index in [-0.39, 0.29) is 17.1 Å². The molecule has 1 aromatic rings. The Morgan fingerprint density at radius 1 is 1.11 bits per heavy atom. The Labute approximate surface area is 105 Å². The highest BCUT2D eigenvalue weighted by molar-refractivity contribution is 5.79. The van der Waals surface area contributed by atoms with Crippen LogP contribution in [0.3, 0.4) is 0 Å². The number of aliphatic hydroxyl groups is 1. The monoisotopic (exact) mass is 256 g/mol. The highest BCUT2D eigenvalue weighted by Gasteiger charge is 2.34. The van der Waals surface area contributed by atoms with E-state index in [1.807, 2.05) is 0 Å². The molecule has 0 spiro atoms. The second-order valence-electron chi connectivity index (χ2n) is 3.79. The van der Waals surface area contributed by atoms with E-state index < -0.39 is 11.6 Å². The fraction of sp³-hybridized carbons (Fsp3) is 0.417. The minimum Gasteiger partial charge on any atom is -0.493 e. The van der Waals surface area contributed by atoms with Gasteiger partial charge in [-0.25, -0.2) is 4.79 Å². The topological polar surface area (TPSA) is 85.2 Å². The van der Waals surface area contributed by atoms with Crippen LogP contribution in [0.25, 0.3) is 0 Å².